The molecular weight excluding hydrogens is 367 g/mol. The number of nitrogens with zero attached hydrogens (tertiary/aromatic N) is 4. The number of fused-ring (bicyclic) bond motifs is 1. The zero-order valence-corrected chi connectivity index (χ0v) is 16.6. The molecule has 0 radical (unpaired) electrons. The van der Waals surface area contributed by atoms with Crippen LogP contribution in [-0.4, -0.2) is 37.3 Å². The van der Waals surface area contributed by atoms with Crippen molar-refractivity contribution in [1.82, 2.24) is 4.98 Å². The van der Waals surface area contributed by atoms with Gasteiger partial charge in [0.15, 0.2) is 0 Å². The van der Waals surface area contributed by atoms with Gasteiger partial charge < -0.3 is 14.5 Å². The van der Waals surface area contributed by atoms with E-state index in [0.717, 1.165) is 16.6 Å². The molecule has 1 aliphatic rings. The molecule has 148 valence electrons. The second-order valence-electron chi connectivity index (χ2n) is 7.38. The van der Waals surface area contributed by atoms with E-state index in [0.29, 0.717) is 43.2 Å². The van der Waals surface area contributed by atoms with Gasteiger partial charge in [0.2, 0.25) is 0 Å². The third-order valence-electron chi connectivity index (χ3n) is 5.10. The number of anilines is 2. The van der Waals surface area contributed by atoms with Crippen molar-refractivity contribution in [2.75, 3.05) is 36.0 Å². The summed E-state index contributed by atoms with van der Waals surface area (Å²) in [7, 11) is 0. The third-order valence-corrected chi connectivity index (χ3v) is 5.10. The molecule has 0 amide bonds. The zero-order valence-electron chi connectivity index (χ0n) is 16.6. The average Bonchev–Trinajstić information content (AvgIpc) is 2.73. The number of pyridine rings is 1. The monoisotopic (exact) mass is 390 g/mol. The van der Waals surface area contributed by atoms with E-state index in [2.05, 4.69) is 20.9 Å². The smallest absolute Gasteiger partial charge is 0.146 e. The van der Waals surface area contributed by atoms with Crippen molar-refractivity contribution in [2.45, 2.75) is 20.0 Å². The van der Waals surface area contributed by atoms with Gasteiger partial charge in [0, 0.05) is 37.8 Å². The van der Waals surface area contributed by atoms with E-state index in [1.807, 2.05) is 44.2 Å². The molecule has 1 aliphatic heterocycles. The van der Waals surface area contributed by atoms with Gasteiger partial charge >= 0.3 is 0 Å². The van der Waals surface area contributed by atoms with Crippen molar-refractivity contribution in [2.24, 2.45) is 0 Å². The highest BCUT2D eigenvalue weighted by atomic mass is 19.1. The molecular formula is C23H23FN4O. The molecule has 2 heterocycles. The number of hydrogen-bond donors (Lipinski definition) is 0. The Kier molecular flexibility index (Phi) is 5.22. The Labute approximate surface area is 169 Å². The summed E-state index contributed by atoms with van der Waals surface area (Å²) in [4.78, 5) is 8.74. The molecule has 29 heavy (non-hydrogen) atoms. The lowest BCUT2D eigenvalue weighted by atomic mass is 10.1. The summed E-state index contributed by atoms with van der Waals surface area (Å²) in [5, 5.41) is 10.6. The van der Waals surface area contributed by atoms with Crippen LogP contribution in [0, 0.1) is 17.1 Å². The van der Waals surface area contributed by atoms with Crippen molar-refractivity contribution < 1.29 is 9.13 Å². The molecule has 6 heteroatoms. The van der Waals surface area contributed by atoms with Crippen LogP contribution in [-0.2, 0) is 0 Å². The van der Waals surface area contributed by atoms with Crippen LogP contribution in [0.5, 0.6) is 5.75 Å². The molecule has 3 aromatic rings. The van der Waals surface area contributed by atoms with Crippen molar-refractivity contribution in [1.29, 1.82) is 5.26 Å². The number of piperazine rings is 1. The first-order valence-electron chi connectivity index (χ1n) is 9.81. The van der Waals surface area contributed by atoms with Gasteiger partial charge in [-0.1, -0.05) is 24.3 Å². The summed E-state index contributed by atoms with van der Waals surface area (Å²) in [6, 6.07) is 14.9. The Morgan fingerprint density at radius 3 is 2.45 bits per heavy atom. The van der Waals surface area contributed by atoms with E-state index in [9.17, 15) is 9.65 Å². The number of halogens is 1. The highest BCUT2D eigenvalue weighted by Gasteiger charge is 2.24. The quantitative estimate of drug-likeness (QED) is 0.663. The number of nitriles is 1. The van der Waals surface area contributed by atoms with Gasteiger partial charge in [0.1, 0.15) is 23.2 Å². The van der Waals surface area contributed by atoms with Crippen molar-refractivity contribution in [3.63, 3.8) is 0 Å². The molecule has 0 atom stereocenters. The van der Waals surface area contributed by atoms with Crippen molar-refractivity contribution in [3.05, 3.63) is 60.0 Å². The second-order valence-corrected chi connectivity index (χ2v) is 7.38. The van der Waals surface area contributed by atoms with Gasteiger partial charge in [-0.25, -0.2) is 4.39 Å². The van der Waals surface area contributed by atoms with Crippen LogP contribution in [0.4, 0.5) is 15.8 Å². The maximum absolute atomic E-state index is 14.1. The van der Waals surface area contributed by atoms with E-state index in [1.165, 1.54) is 6.07 Å². The zero-order chi connectivity index (χ0) is 20.4. The number of rotatable bonds is 4. The predicted octanol–water partition coefficient (Wildman–Crippen LogP) is 4.36. The van der Waals surface area contributed by atoms with Crippen molar-refractivity contribution in [3.8, 4) is 11.8 Å². The van der Waals surface area contributed by atoms with Crippen LogP contribution in [0.25, 0.3) is 10.9 Å². The fraction of sp³-hybridized carbons (Fsp3) is 0.304. The summed E-state index contributed by atoms with van der Waals surface area (Å²) in [5.41, 5.74) is 2.80. The molecule has 2 aromatic carbocycles. The lowest BCUT2D eigenvalue weighted by molar-refractivity contribution is 0.245. The molecule has 1 saturated heterocycles. The first-order chi connectivity index (χ1) is 14.1. The summed E-state index contributed by atoms with van der Waals surface area (Å²) in [6.45, 7) is 6.70. The fourth-order valence-corrected chi connectivity index (χ4v) is 3.83. The molecule has 1 aromatic heterocycles. The standard InChI is InChI=1S/C23H23FN4O/c1-16(2)29-21-9-5-6-18-22(21)26-15-17(14-25)23(18)28-12-10-27(11-13-28)20-8-4-3-7-19(20)24/h3-9,15-16H,10-13H2,1-2H3. The third kappa shape index (κ3) is 3.68. The first kappa shape index (κ1) is 19.0. The van der Waals surface area contributed by atoms with Gasteiger partial charge in [-0.15, -0.1) is 0 Å². The molecule has 0 N–H and O–H groups in total. The van der Waals surface area contributed by atoms with Crippen LogP contribution in [0.1, 0.15) is 19.4 Å². The van der Waals surface area contributed by atoms with Crippen LogP contribution in [0.2, 0.25) is 0 Å². The molecule has 0 aliphatic carbocycles. The second kappa shape index (κ2) is 7.96. The summed E-state index contributed by atoms with van der Waals surface area (Å²) >= 11 is 0. The minimum absolute atomic E-state index is 0.0332. The van der Waals surface area contributed by atoms with Gasteiger partial charge in [0.05, 0.1) is 23.0 Å². The summed E-state index contributed by atoms with van der Waals surface area (Å²) < 4.78 is 20.1. The van der Waals surface area contributed by atoms with Crippen LogP contribution < -0.4 is 14.5 Å². The SMILES string of the molecule is CC(C)Oc1cccc2c(N3CCN(c4ccccc4F)CC3)c(C#N)cnc12. The molecule has 0 bridgehead atoms. The molecule has 4 rings (SSSR count). The number of ether oxygens (including phenoxy) is 1. The Morgan fingerprint density at radius 2 is 1.76 bits per heavy atom. The molecule has 5 nitrogen and oxygen atoms in total. The number of hydrogen-bond acceptors (Lipinski definition) is 5. The van der Waals surface area contributed by atoms with E-state index >= 15 is 0 Å². The predicted molar refractivity (Wildman–Crippen MR) is 113 cm³/mol. The molecule has 1 fully saturated rings. The highest BCUT2D eigenvalue weighted by molar-refractivity contribution is 5.97. The minimum atomic E-state index is -0.205. The lowest BCUT2D eigenvalue weighted by Gasteiger charge is -2.38. The maximum Gasteiger partial charge on any atom is 0.146 e. The Hall–Kier alpha value is -3.33. The maximum atomic E-state index is 14.1. The minimum Gasteiger partial charge on any atom is -0.489 e. The normalized spacial score (nSPS) is 14.3. The van der Waals surface area contributed by atoms with Gasteiger partial charge in [-0.3, -0.25) is 4.98 Å². The van der Waals surface area contributed by atoms with Crippen LogP contribution >= 0.6 is 0 Å². The lowest BCUT2D eigenvalue weighted by Crippen LogP contribution is -2.47. The highest BCUT2D eigenvalue weighted by Crippen LogP contribution is 2.35. The van der Waals surface area contributed by atoms with Gasteiger partial charge in [-0.2, -0.15) is 5.26 Å². The largest absolute Gasteiger partial charge is 0.489 e. The molecule has 0 spiro atoms. The van der Waals surface area contributed by atoms with E-state index < -0.39 is 0 Å². The van der Waals surface area contributed by atoms with E-state index in [4.69, 9.17) is 4.74 Å². The molecule has 0 unspecified atom stereocenters. The average molecular weight is 390 g/mol. The van der Waals surface area contributed by atoms with Crippen LogP contribution in [0.3, 0.4) is 0 Å². The van der Waals surface area contributed by atoms with Crippen molar-refractivity contribution >= 4 is 22.3 Å². The van der Waals surface area contributed by atoms with E-state index in [1.54, 1.807) is 12.3 Å². The van der Waals surface area contributed by atoms with Gasteiger partial charge in [0.25, 0.3) is 0 Å². The Bertz CT molecular complexity index is 1070. The van der Waals surface area contributed by atoms with E-state index in [-0.39, 0.29) is 11.9 Å². The number of benzene rings is 2. The van der Waals surface area contributed by atoms with Crippen LogP contribution in [0.15, 0.2) is 48.7 Å². The van der Waals surface area contributed by atoms with Gasteiger partial charge in [-0.05, 0) is 32.0 Å². The first-order valence-corrected chi connectivity index (χ1v) is 9.81. The molecule has 0 saturated carbocycles. The topological polar surface area (TPSA) is 52.4 Å². The number of aromatic nitrogens is 1. The summed E-state index contributed by atoms with van der Waals surface area (Å²) in [5.74, 6) is 0.511. The Morgan fingerprint density at radius 1 is 1.03 bits per heavy atom. The summed E-state index contributed by atoms with van der Waals surface area (Å²) in [6.07, 6.45) is 1.65. The Balaban J connectivity index is 1.67. The number of para-hydroxylation sites is 2. The fourth-order valence-electron chi connectivity index (χ4n) is 3.83.